The normalized spacial score (nSPS) is 13.0. The monoisotopic (exact) mass is 488 g/mol. The molecule has 1 aliphatic rings. The maximum Gasteiger partial charge on any atom is 0.573 e. The zero-order valence-corrected chi connectivity index (χ0v) is 18.4. The quantitative estimate of drug-likeness (QED) is 0.380. The Hall–Kier alpha value is -3.86. The fourth-order valence-corrected chi connectivity index (χ4v) is 3.10. The number of amides is 1. The number of nitrogens with one attached hydrogen (secondary N) is 3. The highest BCUT2D eigenvalue weighted by molar-refractivity contribution is 7.80. The van der Waals surface area contributed by atoms with E-state index in [2.05, 4.69) is 25.7 Å². The van der Waals surface area contributed by atoms with Gasteiger partial charge < -0.3 is 25.4 Å². The molecule has 11 heteroatoms. The van der Waals surface area contributed by atoms with Crippen molar-refractivity contribution in [1.82, 2.24) is 10.3 Å². The highest BCUT2D eigenvalue weighted by atomic mass is 32.1. The van der Waals surface area contributed by atoms with Crippen LogP contribution in [0.3, 0.4) is 0 Å². The first-order valence-corrected chi connectivity index (χ1v) is 10.6. The van der Waals surface area contributed by atoms with E-state index in [1.54, 1.807) is 36.4 Å². The minimum absolute atomic E-state index is 0.226. The number of pyridine rings is 1. The van der Waals surface area contributed by atoms with E-state index in [0.717, 1.165) is 12.8 Å². The van der Waals surface area contributed by atoms with Crippen LogP contribution in [0.25, 0.3) is 0 Å². The zero-order valence-electron chi connectivity index (χ0n) is 17.6. The minimum Gasteiger partial charge on any atom is -0.457 e. The predicted octanol–water partition coefficient (Wildman–Crippen LogP) is 5.47. The molecule has 176 valence electrons. The fourth-order valence-electron chi connectivity index (χ4n) is 2.86. The summed E-state index contributed by atoms with van der Waals surface area (Å²) in [5.74, 6) is 0.477. The summed E-state index contributed by atoms with van der Waals surface area (Å²) < 4.78 is 46.4. The second kappa shape index (κ2) is 9.96. The summed E-state index contributed by atoms with van der Waals surface area (Å²) in [6, 6.07) is 15.6. The Labute approximate surface area is 198 Å². The summed E-state index contributed by atoms with van der Waals surface area (Å²) in [6.07, 6.45) is -1.25. The Kier molecular flexibility index (Phi) is 6.82. The molecule has 0 atom stereocenters. The second-order valence-electron chi connectivity index (χ2n) is 7.40. The number of carbonyl (C=O) groups excluding carboxylic acids is 1. The van der Waals surface area contributed by atoms with Crippen LogP contribution in [-0.4, -0.2) is 28.4 Å². The number of benzene rings is 2. The molecule has 1 saturated carbocycles. The molecular formula is C23H19F3N4O3S. The predicted molar refractivity (Wildman–Crippen MR) is 124 cm³/mol. The molecule has 1 aliphatic carbocycles. The van der Waals surface area contributed by atoms with Crippen molar-refractivity contribution in [2.24, 2.45) is 0 Å². The summed E-state index contributed by atoms with van der Waals surface area (Å²) in [5, 5.41) is 8.98. The Balaban J connectivity index is 1.29. The number of hydrogen-bond donors (Lipinski definition) is 3. The van der Waals surface area contributed by atoms with Gasteiger partial charge >= 0.3 is 6.36 Å². The van der Waals surface area contributed by atoms with Gasteiger partial charge in [-0.1, -0.05) is 0 Å². The minimum atomic E-state index is -4.74. The first-order chi connectivity index (χ1) is 16.2. The third-order valence-electron chi connectivity index (χ3n) is 4.57. The van der Waals surface area contributed by atoms with Gasteiger partial charge in [-0.25, -0.2) is 0 Å². The van der Waals surface area contributed by atoms with Crippen LogP contribution in [0, 0.1) is 0 Å². The third-order valence-corrected chi connectivity index (χ3v) is 4.77. The van der Waals surface area contributed by atoms with Crippen molar-refractivity contribution in [2.45, 2.75) is 25.2 Å². The molecule has 0 bridgehead atoms. The summed E-state index contributed by atoms with van der Waals surface area (Å²) in [6.45, 7) is 0. The number of rotatable bonds is 7. The molecule has 2 aromatic carbocycles. The molecule has 0 radical (unpaired) electrons. The second-order valence-corrected chi connectivity index (χ2v) is 7.81. The first kappa shape index (κ1) is 23.3. The number of halogens is 3. The number of nitrogens with zero attached hydrogens (tertiary/aromatic N) is 1. The van der Waals surface area contributed by atoms with Crippen molar-refractivity contribution in [3.8, 4) is 17.2 Å². The van der Waals surface area contributed by atoms with Crippen LogP contribution in [0.2, 0.25) is 0 Å². The summed E-state index contributed by atoms with van der Waals surface area (Å²) in [7, 11) is 0. The topological polar surface area (TPSA) is 84.5 Å². The van der Waals surface area contributed by atoms with Crippen molar-refractivity contribution in [3.63, 3.8) is 0 Å². The average Bonchev–Trinajstić information content (AvgIpc) is 3.60. The van der Waals surface area contributed by atoms with Crippen LogP contribution in [0.1, 0.15) is 23.3 Å². The van der Waals surface area contributed by atoms with Gasteiger partial charge in [0.2, 0.25) is 0 Å². The van der Waals surface area contributed by atoms with Crippen molar-refractivity contribution in [2.75, 3.05) is 10.6 Å². The van der Waals surface area contributed by atoms with Crippen molar-refractivity contribution >= 4 is 34.6 Å². The van der Waals surface area contributed by atoms with Crippen molar-refractivity contribution in [3.05, 3.63) is 72.6 Å². The molecule has 3 aromatic rings. The molecule has 4 rings (SSSR count). The SMILES string of the molecule is O=C(NC1CC1)c1cc(Oc2ccc(NC(=S)Nc3ccc(OC(F)(F)F)cc3)cc2)ccn1. The Morgan fingerprint density at radius 2 is 1.50 bits per heavy atom. The first-order valence-electron chi connectivity index (χ1n) is 10.2. The molecule has 1 fully saturated rings. The average molecular weight is 488 g/mol. The molecule has 7 nitrogen and oxygen atoms in total. The van der Waals surface area contributed by atoms with E-state index in [1.807, 2.05) is 0 Å². The van der Waals surface area contributed by atoms with E-state index in [-0.39, 0.29) is 28.5 Å². The third kappa shape index (κ3) is 7.07. The maximum absolute atomic E-state index is 12.2. The van der Waals surface area contributed by atoms with E-state index in [1.165, 1.54) is 30.5 Å². The Morgan fingerprint density at radius 3 is 2.06 bits per heavy atom. The number of hydrogen-bond acceptors (Lipinski definition) is 5. The number of carbonyl (C=O) groups is 1. The van der Waals surface area contributed by atoms with E-state index >= 15 is 0 Å². The number of aromatic nitrogens is 1. The summed E-state index contributed by atoms with van der Waals surface area (Å²) in [5.41, 5.74) is 1.45. The standard InChI is InChI=1S/C23H19F3N4O3S/c24-23(25,26)33-18-9-5-16(6-10-18)30-22(34)29-15-3-7-17(8-4-15)32-19-11-12-27-20(13-19)21(31)28-14-1-2-14/h3-14H,1-2H2,(H,28,31)(H2,29,30,34). The van der Waals surface area contributed by atoms with E-state index in [9.17, 15) is 18.0 Å². The number of anilines is 2. The molecule has 3 N–H and O–H groups in total. The van der Waals surface area contributed by atoms with Crippen molar-refractivity contribution in [1.29, 1.82) is 0 Å². The lowest BCUT2D eigenvalue weighted by Gasteiger charge is -2.13. The smallest absolute Gasteiger partial charge is 0.457 e. The molecule has 0 saturated heterocycles. The van der Waals surface area contributed by atoms with Gasteiger partial charge in [0.15, 0.2) is 5.11 Å². The van der Waals surface area contributed by atoms with E-state index < -0.39 is 6.36 Å². The van der Waals surface area contributed by atoms with Crippen molar-refractivity contribution < 1.29 is 27.4 Å². The maximum atomic E-state index is 12.2. The lowest BCUT2D eigenvalue weighted by atomic mass is 10.3. The van der Waals surface area contributed by atoms with Crippen LogP contribution < -0.4 is 25.4 Å². The van der Waals surface area contributed by atoms with Crippen LogP contribution in [0.15, 0.2) is 66.9 Å². The highest BCUT2D eigenvalue weighted by Crippen LogP contribution is 2.26. The molecular weight excluding hydrogens is 469 g/mol. The van der Waals surface area contributed by atoms with E-state index in [0.29, 0.717) is 22.9 Å². The van der Waals surface area contributed by atoms with Gasteiger partial charge in [0.1, 0.15) is 22.9 Å². The number of ether oxygens (including phenoxy) is 2. The summed E-state index contributed by atoms with van der Waals surface area (Å²) >= 11 is 5.24. The number of alkyl halides is 3. The Morgan fingerprint density at radius 1 is 0.912 bits per heavy atom. The fraction of sp³-hybridized carbons (Fsp3) is 0.174. The van der Waals surface area contributed by atoms with Gasteiger partial charge in [-0.2, -0.15) is 0 Å². The zero-order chi connectivity index (χ0) is 24.1. The molecule has 0 aliphatic heterocycles. The highest BCUT2D eigenvalue weighted by Gasteiger charge is 2.31. The molecule has 1 heterocycles. The molecule has 1 amide bonds. The van der Waals surface area contributed by atoms with Gasteiger partial charge in [0.25, 0.3) is 5.91 Å². The van der Waals surface area contributed by atoms with Crippen LogP contribution in [0.5, 0.6) is 17.2 Å². The largest absolute Gasteiger partial charge is 0.573 e. The lowest BCUT2D eigenvalue weighted by molar-refractivity contribution is -0.274. The molecule has 0 unspecified atom stereocenters. The summed E-state index contributed by atoms with van der Waals surface area (Å²) in [4.78, 5) is 16.2. The van der Waals surface area contributed by atoms with E-state index in [4.69, 9.17) is 17.0 Å². The van der Waals surface area contributed by atoms with Gasteiger partial charge in [-0.15, -0.1) is 13.2 Å². The molecule has 1 aromatic heterocycles. The van der Waals surface area contributed by atoms with Crippen LogP contribution >= 0.6 is 12.2 Å². The molecule has 0 spiro atoms. The van der Waals surface area contributed by atoms with Gasteiger partial charge in [0, 0.05) is 29.7 Å². The van der Waals surface area contributed by atoms with Gasteiger partial charge in [-0.3, -0.25) is 9.78 Å². The van der Waals surface area contributed by atoms with Crippen LogP contribution in [0.4, 0.5) is 24.5 Å². The van der Waals surface area contributed by atoms with Gasteiger partial charge in [-0.05, 0) is 79.7 Å². The molecule has 34 heavy (non-hydrogen) atoms. The number of thiocarbonyl (C=S) groups is 1. The van der Waals surface area contributed by atoms with Gasteiger partial charge in [0.05, 0.1) is 0 Å². The lowest BCUT2D eigenvalue weighted by Crippen LogP contribution is -2.26. The van der Waals surface area contributed by atoms with Crippen LogP contribution in [-0.2, 0) is 0 Å². The Bertz CT molecular complexity index is 1170.